The molecule has 5 rings (SSSR count). The average Bonchev–Trinajstić information content (AvgIpc) is 3.28. The fourth-order valence-electron chi connectivity index (χ4n) is 4.12. The van der Waals surface area contributed by atoms with E-state index >= 15 is 0 Å². The van der Waals surface area contributed by atoms with Gasteiger partial charge in [-0.05, 0) is 67.9 Å². The van der Waals surface area contributed by atoms with Crippen molar-refractivity contribution in [1.29, 1.82) is 0 Å². The van der Waals surface area contributed by atoms with Gasteiger partial charge in [0.15, 0.2) is 0 Å². The van der Waals surface area contributed by atoms with Gasteiger partial charge in [-0.2, -0.15) is 0 Å². The number of benzene rings is 2. The van der Waals surface area contributed by atoms with Crippen molar-refractivity contribution in [3.8, 4) is 0 Å². The summed E-state index contributed by atoms with van der Waals surface area (Å²) < 4.78 is 0. The van der Waals surface area contributed by atoms with Crippen molar-refractivity contribution in [3.05, 3.63) is 90.4 Å². The SMILES string of the molecule is Cc1ccc(N2CC(C(=O)Nc3ccc(Nc4cc(Nc5cc(C)ccn5)ncn4)cc3)CC2=O)cc1. The standard InChI is InChI=1S/C28H27N7O2/c1-18-3-9-23(10-4-18)35-16-20(14-27(35)36)28(37)33-22-7-5-21(6-8-22)32-25-15-26(31-17-30-25)34-24-13-19(2)11-12-29-24/h3-13,15,17,20H,14,16H2,1-2H3,(H,33,37)(H2,29,30,31,32,34). The van der Waals surface area contributed by atoms with Gasteiger partial charge in [-0.1, -0.05) is 17.7 Å². The Morgan fingerprint density at radius 3 is 2.22 bits per heavy atom. The number of hydrogen-bond donors (Lipinski definition) is 3. The zero-order chi connectivity index (χ0) is 25.8. The predicted octanol–water partition coefficient (Wildman–Crippen LogP) is 4.97. The number of anilines is 6. The highest BCUT2D eigenvalue weighted by atomic mass is 16.2. The Bertz CT molecular complexity index is 1420. The van der Waals surface area contributed by atoms with Crippen LogP contribution in [0.15, 0.2) is 79.3 Å². The first kappa shape index (κ1) is 23.9. The molecule has 0 saturated carbocycles. The van der Waals surface area contributed by atoms with E-state index in [0.29, 0.717) is 29.7 Å². The van der Waals surface area contributed by atoms with Gasteiger partial charge in [0.25, 0.3) is 0 Å². The lowest BCUT2D eigenvalue weighted by atomic mass is 10.1. The third-order valence-electron chi connectivity index (χ3n) is 6.10. The summed E-state index contributed by atoms with van der Waals surface area (Å²) in [4.78, 5) is 39.8. The smallest absolute Gasteiger partial charge is 0.229 e. The average molecular weight is 494 g/mol. The van der Waals surface area contributed by atoms with E-state index in [9.17, 15) is 9.59 Å². The second-order valence-electron chi connectivity index (χ2n) is 9.06. The van der Waals surface area contributed by atoms with Gasteiger partial charge in [-0.25, -0.2) is 15.0 Å². The second-order valence-corrected chi connectivity index (χ2v) is 9.06. The lowest BCUT2D eigenvalue weighted by molar-refractivity contribution is -0.122. The van der Waals surface area contributed by atoms with Crippen LogP contribution < -0.4 is 20.9 Å². The Labute approximate surface area is 215 Å². The first-order chi connectivity index (χ1) is 17.9. The number of aryl methyl sites for hydroxylation is 2. The highest BCUT2D eigenvalue weighted by Gasteiger charge is 2.35. The fraction of sp³-hybridized carbons (Fsp3) is 0.179. The molecule has 1 unspecified atom stereocenters. The topological polar surface area (TPSA) is 112 Å². The number of nitrogens with zero attached hydrogens (tertiary/aromatic N) is 4. The maximum atomic E-state index is 12.8. The van der Waals surface area contributed by atoms with Crippen molar-refractivity contribution in [1.82, 2.24) is 15.0 Å². The normalized spacial score (nSPS) is 14.9. The molecule has 3 N–H and O–H groups in total. The molecule has 4 aromatic rings. The molecule has 3 heterocycles. The first-order valence-electron chi connectivity index (χ1n) is 12.0. The molecule has 9 nitrogen and oxygen atoms in total. The zero-order valence-electron chi connectivity index (χ0n) is 20.6. The summed E-state index contributed by atoms with van der Waals surface area (Å²) in [6.45, 7) is 4.37. The molecule has 186 valence electrons. The van der Waals surface area contributed by atoms with Gasteiger partial charge in [0.2, 0.25) is 11.8 Å². The molecule has 0 bridgehead atoms. The largest absolute Gasteiger partial charge is 0.340 e. The highest BCUT2D eigenvalue weighted by Crippen LogP contribution is 2.27. The Morgan fingerprint density at radius 2 is 1.49 bits per heavy atom. The summed E-state index contributed by atoms with van der Waals surface area (Å²) >= 11 is 0. The van der Waals surface area contributed by atoms with Crippen molar-refractivity contribution in [2.45, 2.75) is 20.3 Å². The second kappa shape index (κ2) is 10.4. The lowest BCUT2D eigenvalue weighted by Crippen LogP contribution is -2.28. The molecule has 37 heavy (non-hydrogen) atoms. The van der Waals surface area contributed by atoms with Gasteiger partial charge < -0.3 is 20.9 Å². The van der Waals surface area contributed by atoms with Crippen molar-refractivity contribution < 1.29 is 9.59 Å². The van der Waals surface area contributed by atoms with Crippen LogP contribution in [0.4, 0.5) is 34.5 Å². The fourth-order valence-corrected chi connectivity index (χ4v) is 4.12. The number of carbonyl (C=O) groups is 2. The highest BCUT2D eigenvalue weighted by molar-refractivity contribution is 6.03. The molecular formula is C28H27N7O2. The Hall–Kier alpha value is -4.79. The number of rotatable bonds is 7. The molecule has 1 aliphatic heterocycles. The number of aromatic nitrogens is 3. The predicted molar refractivity (Wildman–Crippen MR) is 144 cm³/mol. The van der Waals surface area contributed by atoms with Gasteiger partial charge in [-0.15, -0.1) is 0 Å². The van der Waals surface area contributed by atoms with Crippen molar-refractivity contribution in [2.24, 2.45) is 5.92 Å². The van der Waals surface area contributed by atoms with Crippen LogP contribution in [0.25, 0.3) is 0 Å². The maximum Gasteiger partial charge on any atom is 0.229 e. The molecule has 2 amide bonds. The van der Waals surface area contributed by atoms with Crippen LogP contribution in [0.3, 0.4) is 0 Å². The van der Waals surface area contributed by atoms with Crippen molar-refractivity contribution >= 4 is 46.3 Å². The molecule has 1 atom stereocenters. The Morgan fingerprint density at radius 1 is 0.811 bits per heavy atom. The Balaban J connectivity index is 1.18. The van der Waals surface area contributed by atoms with Crippen molar-refractivity contribution in [2.75, 3.05) is 27.4 Å². The molecule has 0 spiro atoms. The monoisotopic (exact) mass is 493 g/mol. The van der Waals surface area contributed by atoms with E-state index in [1.54, 1.807) is 17.2 Å². The maximum absolute atomic E-state index is 12.8. The summed E-state index contributed by atoms with van der Waals surface area (Å²) in [5.74, 6) is 1.32. The third kappa shape index (κ3) is 5.90. The molecule has 1 saturated heterocycles. The zero-order valence-corrected chi connectivity index (χ0v) is 20.6. The van der Waals surface area contributed by atoms with Crippen LogP contribution in [0.2, 0.25) is 0 Å². The minimum atomic E-state index is -0.401. The summed E-state index contributed by atoms with van der Waals surface area (Å²) in [6, 6.07) is 20.7. The van der Waals surface area contributed by atoms with Crippen LogP contribution in [0.5, 0.6) is 0 Å². The first-order valence-corrected chi connectivity index (χ1v) is 12.0. The van der Waals surface area contributed by atoms with Crippen LogP contribution in [0, 0.1) is 19.8 Å². The van der Waals surface area contributed by atoms with Crippen LogP contribution in [0.1, 0.15) is 17.5 Å². The molecule has 2 aromatic carbocycles. The van der Waals surface area contributed by atoms with Gasteiger partial charge in [0.1, 0.15) is 23.8 Å². The van der Waals surface area contributed by atoms with E-state index in [4.69, 9.17) is 0 Å². The summed E-state index contributed by atoms with van der Waals surface area (Å²) in [5, 5.41) is 9.33. The summed E-state index contributed by atoms with van der Waals surface area (Å²) in [6.07, 6.45) is 3.41. The summed E-state index contributed by atoms with van der Waals surface area (Å²) in [5.41, 5.74) is 4.50. The van der Waals surface area contributed by atoms with E-state index in [-0.39, 0.29) is 18.2 Å². The molecule has 1 fully saturated rings. The van der Waals surface area contributed by atoms with Crippen LogP contribution >= 0.6 is 0 Å². The van der Waals surface area contributed by atoms with E-state index < -0.39 is 5.92 Å². The summed E-state index contributed by atoms with van der Waals surface area (Å²) in [7, 11) is 0. The third-order valence-corrected chi connectivity index (χ3v) is 6.10. The number of hydrogen-bond acceptors (Lipinski definition) is 7. The minimum absolute atomic E-state index is 0.0413. The number of carbonyl (C=O) groups excluding carboxylic acids is 2. The van der Waals surface area contributed by atoms with E-state index in [0.717, 1.165) is 22.5 Å². The van der Waals surface area contributed by atoms with Crippen LogP contribution in [-0.2, 0) is 9.59 Å². The van der Waals surface area contributed by atoms with Crippen molar-refractivity contribution in [3.63, 3.8) is 0 Å². The van der Waals surface area contributed by atoms with E-state index in [1.807, 2.05) is 74.5 Å². The lowest BCUT2D eigenvalue weighted by Gasteiger charge is -2.17. The van der Waals surface area contributed by atoms with Crippen LogP contribution in [-0.4, -0.2) is 33.3 Å². The van der Waals surface area contributed by atoms with Gasteiger partial charge in [0, 0.05) is 42.3 Å². The molecule has 0 aliphatic carbocycles. The molecule has 0 radical (unpaired) electrons. The number of amides is 2. The number of nitrogens with one attached hydrogen (secondary N) is 3. The van der Waals surface area contributed by atoms with E-state index in [1.165, 1.54) is 6.33 Å². The molecule has 9 heteroatoms. The number of pyridine rings is 1. The molecular weight excluding hydrogens is 466 g/mol. The van der Waals surface area contributed by atoms with Gasteiger partial charge in [0.05, 0.1) is 5.92 Å². The van der Waals surface area contributed by atoms with E-state index in [2.05, 4.69) is 30.9 Å². The van der Waals surface area contributed by atoms with Gasteiger partial charge in [-0.3, -0.25) is 9.59 Å². The quantitative estimate of drug-likeness (QED) is 0.333. The molecule has 1 aliphatic rings. The minimum Gasteiger partial charge on any atom is -0.340 e. The molecule has 2 aromatic heterocycles. The Kier molecular flexibility index (Phi) is 6.76. The van der Waals surface area contributed by atoms with Gasteiger partial charge >= 0.3 is 0 Å².